The Balaban J connectivity index is 1.33. The topological polar surface area (TPSA) is 68.5 Å². The number of amides is 1. The summed E-state index contributed by atoms with van der Waals surface area (Å²) in [6.07, 6.45) is -3.79. The van der Waals surface area contributed by atoms with Crippen molar-refractivity contribution in [2.75, 3.05) is 19.7 Å². The van der Waals surface area contributed by atoms with E-state index in [0.717, 1.165) is 17.7 Å². The number of likely N-dealkylation sites (tertiary alicyclic amines) is 1. The van der Waals surface area contributed by atoms with Gasteiger partial charge in [-0.2, -0.15) is 24.5 Å². The van der Waals surface area contributed by atoms with Gasteiger partial charge in [-0.25, -0.2) is 0 Å². The van der Waals surface area contributed by atoms with E-state index >= 15 is 0 Å². The molecule has 10 heteroatoms. The van der Waals surface area contributed by atoms with Gasteiger partial charge in [0.25, 0.3) is 5.91 Å². The van der Waals surface area contributed by atoms with Crippen LogP contribution in [0.5, 0.6) is 5.75 Å². The van der Waals surface area contributed by atoms with Crippen LogP contribution < -0.4 is 4.74 Å². The molecule has 2 aromatic heterocycles. The minimum absolute atomic E-state index is 0.00114. The Morgan fingerprint density at radius 2 is 2.17 bits per heavy atom. The molecule has 1 aliphatic rings. The summed E-state index contributed by atoms with van der Waals surface area (Å²) < 4.78 is 49.3. The van der Waals surface area contributed by atoms with Crippen LogP contribution in [0.1, 0.15) is 23.8 Å². The summed E-state index contributed by atoms with van der Waals surface area (Å²) in [5.74, 6) is 0.537. The Morgan fingerprint density at radius 3 is 2.93 bits per heavy atom. The van der Waals surface area contributed by atoms with E-state index in [2.05, 4.69) is 10.2 Å². The maximum atomic E-state index is 12.8. The molecule has 152 valence electrons. The zero-order valence-corrected chi connectivity index (χ0v) is 15.9. The third kappa shape index (κ3) is 4.42. The molecule has 29 heavy (non-hydrogen) atoms. The highest BCUT2D eigenvalue weighted by Gasteiger charge is 2.32. The van der Waals surface area contributed by atoms with Gasteiger partial charge in [-0.1, -0.05) is 6.07 Å². The molecule has 1 aliphatic heterocycles. The lowest BCUT2D eigenvalue weighted by atomic mass is 10.1. The molecule has 0 N–H and O–H groups in total. The lowest BCUT2D eigenvalue weighted by Gasteiger charge is -2.16. The number of nitrogens with zero attached hydrogens (tertiary/aromatic N) is 3. The van der Waals surface area contributed by atoms with Crippen molar-refractivity contribution in [1.29, 1.82) is 0 Å². The van der Waals surface area contributed by atoms with Gasteiger partial charge >= 0.3 is 6.18 Å². The first kappa shape index (κ1) is 19.4. The van der Waals surface area contributed by atoms with Crippen LogP contribution in [-0.2, 0) is 11.0 Å². The van der Waals surface area contributed by atoms with Crippen LogP contribution in [-0.4, -0.2) is 40.7 Å². The van der Waals surface area contributed by atoms with Gasteiger partial charge in [-0.3, -0.25) is 4.79 Å². The van der Waals surface area contributed by atoms with Crippen molar-refractivity contribution in [1.82, 2.24) is 15.1 Å². The molecule has 3 aromatic rings. The fourth-order valence-corrected chi connectivity index (χ4v) is 3.72. The number of rotatable bonds is 5. The first-order valence-corrected chi connectivity index (χ1v) is 9.78. The number of hydrogen-bond acceptors (Lipinski definition) is 6. The summed E-state index contributed by atoms with van der Waals surface area (Å²) in [5, 5.41) is 12.0. The quantitative estimate of drug-likeness (QED) is 0.615. The van der Waals surface area contributed by atoms with Crippen molar-refractivity contribution in [2.45, 2.75) is 18.5 Å². The number of carbonyl (C=O) groups excluding carboxylic acids is 1. The van der Waals surface area contributed by atoms with Crippen LogP contribution in [0.15, 0.2) is 45.5 Å². The van der Waals surface area contributed by atoms with Gasteiger partial charge in [0.05, 0.1) is 11.5 Å². The zero-order valence-electron chi connectivity index (χ0n) is 15.1. The minimum atomic E-state index is -4.46. The predicted molar refractivity (Wildman–Crippen MR) is 98.5 cm³/mol. The van der Waals surface area contributed by atoms with Crippen molar-refractivity contribution < 1.29 is 27.1 Å². The van der Waals surface area contributed by atoms with Crippen molar-refractivity contribution in [3.05, 3.63) is 52.5 Å². The molecule has 1 unspecified atom stereocenters. The Morgan fingerprint density at radius 1 is 1.31 bits per heavy atom. The number of thiophene rings is 1. The standard InChI is InChI=1S/C19H16F3N3O3S/c20-19(21,22)14-2-1-3-15(8-14)27-10-16(26)25-6-4-12(9-25)17-23-24-18(28-17)13-5-7-29-11-13/h1-3,5,7-8,11-12H,4,6,9-10H2. The molecule has 6 nitrogen and oxygen atoms in total. The smallest absolute Gasteiger partial charge is 0.416 e. The number of aromatic nitrogens is 2. The van der Waals surface area contributed by atoms with E-state index in [0.29, 0.717) is 31.3 Å². The van der Waals surface area contributed by atoms with Gasteiger partial charge in [0.1, 0.15) is 5.75 Å². The molecule has 0 saturated carbocycles. The second kappa shape index (κ2) is 7.86. The van der Waals surface area contributed by atoms with Crippen LogP contribution >= 0.6 is 11.3 Å². The summed E-state index contributed by atoms with van der Waals surface area (Å²) in [4.78, 5) is 14.0. The number of alkyl halides is 3. The molecular formula is C19H16F3N3O3S. The van der Waals surface area contributed by atoms with Crippen molar-refractivity contribution in [3.8, 4) is 17.2 Å². The molecule has 1 atom stereocenters. The van der Waals surface area contributed by atoms with Gasteiger partial charge < -0.3 is 14.1 Å². The van der Waals surface area contributed by atoms with Gasteiger partial charge in [0, 0.05) is 24.0 Å². The van der Waals surface area contributed by atoms with Gasteiger partial charge in [0.15, 0.2) is 6.61 Å². The zero-order chi connectivity index (χ0) is 20.4. The summed E-state index contributed by atoms with van der Waals surface area (Å²) in [5.41, 5.74) is 0.0377. The number of benzene rings is 1. The summed E-state index contributed by atoms with van der Waals surface area (Å²) in [7, 11) is 0. The molecule has 4 rings (SSSR count). The van der Waals surface area contributed by atoms with Crippen molar-refractivity contribution >= 4 is 17.2 Å². The first-order valence-electron chi connectivity index (χ1n) is 8.84. The molecule has 0 aliphatic carbocycles. The van der Waals surface area contributed by atoms with E-state index in [1.165, 1.54) is 23.5 Å². The fraction of sp³-hybridized carbons (Fsp3) is 0.316. The third-order valence-electron chi connectivity index (χ3n) is 4.62. The lowest BCUT2D eigenvalue weighted by molar-refractivity contribution is -0.137. The van der Waals surface area contributed by atoms with Gasteiger partial charge in [0.2, 0.25) is 11.8 Å². The highest BCUT2D eigenvalue weighted by Crippen LogP contribution is 2.32. The Bertz CT molecular complexity index is 988. The number of halogens is 3. The maximum Gasteiger partial charge on any atom is 0.416 e. The van der Waals surface area contributed by atoms with E-state index in [4.69, 9.17) is 9.15 Å². The monoisotopic (exact) mass is 423 g/mol. The van der Waals surface area contributed by atoms with Crippen molar-refractivity contribution in [3.63, 3.8) is 0 Å². The van der Waals surface area contributed by atoms with Crippen LogP contribution in [0, 0.1) is 0 Å². The molecule has 1 amide bonds. The van der Waals surface area contributed by atoms with E-state index in [9.17, 15) is 18.0 Å². The van der Waals surface area contributed by atoms with Crippen LogP contribution in [0.4, 0.5) is 13.2 Å². The van der Waals surface area contributed by atoms with Crippen LogP contribution in [0.2, 0.25) is 0 Å². The van der Waals surface area contributed by atoms with E-state index in [1.807, 2.05) is 16.8 Å². The van der Waals surface area contributed by atoms with E-state index in [1.54, 1.807) is 4.90 Å². The molecule has 1 fully saturated rings. The Kier molecular flexibility index (Phi) is 5.27. The third-order valence-corrected chi connectivity index (χ3v) is 5.31. The lowest BCUT2D eigenvalue weighted by Crippen LogP contribution is -2.32. The van der Waals surface area contributed by atoms with Crippen molar-refractivity contribution in [2.24, 2.45) is 0 Å². The molecule has 0 spiro atoms. The highest BCUT2D eigenvalue weighted by molar-refractivity contribution is 7.08. The van der Waals surface area contributed by atoms with Crippen LogP contribution in [0.3, 0.4) is 0 Å². The summed E-state index contributed by atoms with van der Waals surface area (Å²) >= 11 is 1.53. The SMILES string of the molecule is O=C(COc1cccc(C(F)(F)F)c1)N1CCC(c2nnc(-c3ccsc3)o2)C1. The molecule has 1 saturated heterocycles. The maximum absolute atomic E-state index is 12.8. The van der Waals surface area contributed by atoms with E-state index in [-0.39, 0.29) is 24.2 Å². The van der Waals surface area contributed by atoms with Crippen LogP contribution in [0.25, 0.3) is 11.5 Å². The molecule has 0 bridgehead atoms. The molecule has 1 aromatic carbocycles. The summed E-state index contributed by atoms with van der Waals surface area (Å²) in [6.45, 7) is 0.555. The average Bonchev–Trinajstić information content (AvgIpc) is 3.46. The number of carbonyl (C=O) groups is 1. The molecular weight excluding hydrogens is 407 g/mol. The minimum Gasteiger partial charge on any atom is -0.484 e. The fourth-order valence-electron chi connectivity index (χ4n) is 3.09. The number of ether oxygens (including phenoxy) is 1. The van der Waals surface area contributed by atoms with Gasteiger partial charge in [-0.15, -0.1) is 10.2 Å². The Labute approximate surface area is 167 Å². The molecule has 0 radical (unpaired) electrons. The highest BCUT2D eigenvalue weighted by atomic mass is 32.1. The second-order valence-corrected chi connectivity index (χ2v) is 7.38. The Hall–Kier alpha value is -2.88. The number of hydrogen-bond donors (Lipinski definition) is 0. The molecule has 3 heterocycles. The second-order valence-electron chi connectivity index (χ2n) is 6.60. The predicted octanol–water partition coefficient (Wildman–Crippen LogP) is 4.21. The van der Waals surface area contributed by atoms with Gasteiger partial charge in [-0.05, 0) is 36.1 Å². The average molecular weight is 423 g/mol. The largest absolute Gasteiger partial charge is 0.484 e. The summed E-state index contributed by atoms with van der Waals surface area (Å²) in [6, 6.07) is 6.35. The van der Waals surface area contributed by atoms with E-state index < -0.39 is 11.7 Å². The normalized spacial score (nSPS) is 16.9. The first-order chi connectivity index (χ1) is 13.9.